The number of nitrogens with one attached hydrogen (secondary N) is 2. The summed E-state index contributed by atoms with van der Waals surface area (Å²) in [4.78, 5) is 23.4. The van der Waals surface area contributed by atoms with E-state index in [-0.39, 0.29) is 24.3 Å². The quantitative estimate of drug-likeness (QED) is 0.744. The predicted molar refractivity (Wildman–Crippen MR) is 76.7 cm³/mol. The molecule has 0 heterocycles. The molecule has 0 aromatic rings. The predicted octanol–water partition coefficient (Wildman–Crippen LogP) is 2.24. The van der Waals surface area contributed by atoms with Gasteiger partial charge in [-0.3, -0.25) is 9.59 Å². The Morgan fingerprint density at radius 1 is 1.05 bits per heavy atom. The zero-order valence-corrected chi connectivity index (χ0v) is 12.3. The van der Waals surface area contributed by atoms with Gasteiger partial charge in [0.05, 0.1) is 6.54 Å². The highest BCUT2D eigenvalue weighted by atomic mass is 16.2. The minimum absolute atomic E-state index is 0.00202. The van der Waals surface area contributed by atoms with E-state index in [1.165, 1.54) is 32.1 Å². The highest BCUT2D eigenvalue weighted by molar-refractivity contribution is 5.85. The van der Waals surface area contributed by atoms with Gasteiger partial charge in [-0.05, 0) is 31.6 Å². The first-order valence-corrected chi connectivity index (χ1v) is 7.71. The minimum Gasteiger partial charge on any atom is -0.354 e. The van der Waals surface area contributed by atoms with E-state index in [1.54, 1.807) is 0 Å². The second-order valence-electron chi connectivity index (χ2n) is 5.54. The van der Waals surface area contributed by atoms with E-state index in [1.807, 2.05) is 13.8 Å². The molecule has 0 unspecified atom stereocenters. The van der Waals surface area contributed by atoms with Crippen molar-refractivity contribution in [2.75, 3.05) is 13.1 Å². The van der Waals surface area contributed by atoms with E-state index in [2.05, 4.69) is 10.6 Å². The van der Waals surface area contributed by atoms with E-state index in [9.17, 15) is 9.59 Å². The molecule has 1 saturated carbocycles. The lowest BCUT2D eigenvalue weighted by molar-refractivity contribution is -0.128. The summed E-state index contributed by atoms with van der Waals surface area (Å²) in [7, 11) is 0. The van der Waals surface area contributed by atoms with Gasteiger partial charge in [0.15, 0.2) is 0 Å². The molecule has 0 spiro atoms. The summed E-state index contributed by atoms with van der Waals surface area (Å²) in [6.07, 6.45) is 7.99. The number of carbonyl (C=O) groups is 2. The van der Waals surface area contributed by atoms with Gasteiger partial charge >= 0.3 is 0 Å². The Labute approximate surface area is 116 Å². The molecular weight excluding hydrogens is 240 g/mol. The topological polar surface area (TPSA) is 58.2 Å². The van der Waals surface area contributed by atoms with Crippen molar-refractivity contribution in [3.8, 4) is 0 Å². The summed E-state index contributed by atoms with van der Waals surface area (Å²) >= 11 is 0. The Kier molecular flexibility index (Phi) is 7.53. The summed E-state index contributed by atoms with van der Waals surface area (Å²) in [6.45, 7) is 4.87. The second kappa shape index (κ2) is 8.94. The molecule has 1 aliphatic carbocycles. The molecule has 0 radical (unpaired) electrons. The summed E-state index contributed by atoms with van der Waals surface area (Å²) in [5.74, 6) is 0.598. The van der Waals surface area contributed by atoms with E-state index in [4.69, 9.17) is 0 Å². The maximum atomic E-state index is 11.7. The Bertz CT molecular complexity index is 282. The standard InChI is InChI=1S/C15H28N2O2/c1-3-13(4-2)15(19)17-11-14(18)16-10-12-8-6-5-7-9-12/h12-13H,3-11H2,1-2H3,(H,16,18)(H,17,19). The number of carbonyl (C=O) groups excluding carboxylic acids is 2. The van der Waals surface area contributed by atoms with Crippen molar-refractivity contribution in [1.29, 1.82) is 0 Å². The van der Waals surface area contributed by atoms with Crippen LogP contribution in [-0.4, -0.2) is 24.9 Å². The van der Waals surface area contributed by atoms with Gasteiger partial charge < -0.3 is 10.6 Å². The van der Waals surface area contributed by atoms with Crippen LogP contribution in [0.2, 0.25) is 0 Å². The van der Waals surface area contributed by atoms with E-state index in [0.29, 0.717) is 5.92 Å². The van der Waals surface area contributed by atoms with Crippen LogP contribution >= 0.6 is 0 Å². The van der Waals surface area contributed by atoms with Crippen molar-refractivity contribution in [3.63, 3.8) is 0 Å². The molecular formula is C15H28N2O2. The molecule has 4 nitrogen and oxygen atoms in total. The minimum atomic E-state index is -0.0649. The van der Waals surface area contributed by atoms with Gasteiger partial charge in [0.1, 0.15) is 0 Å². The Morgan fingerprint density at radius 3 is 2.26 bits per heavy atom. The Morgan fingerprint density at radius 2 is 1.68 bits per heavy atom. The molecule has 1 aliphatic rings. The van der Waals surface area contributed by atoms with Gasteiger partial charge in [-0.1, -0.05) is 33.1 Å². The second-order valence-corrected chi connectivity index (χ2v) is 5.54. The number of amides is 2. The van der Waals surface area contributed by atoms with E-state index < -0.39 is 0 Å². The zero-order valence-electron chi connectivity index (χ0n) is 12.3. The zero-order chi connectivity index (χ0) is 14.1. The van der Waals surface area contributed by atoms with Crippen molar-refractivity contribution < 1.29 is 9.59 Å². The normalized spacial score (nSPS) is 16.4. The molecule has 19 heavy (non-hydrogen) atoms. The smallest absolute Gasteiger partial charge is 0.239 e. The molecule has 0 bridgehead atoms. The van der Waals surface area contributed by atoms with Crippen LogP contribution in [0.25, 0.3) is 0 Å². The van der Waals surface area contributed by atoms with Gasteiger partial charge in [0.2, 0.25) is 11.8 Å². The van der Waals surface area contributed by atoms with E-state index >= 15 is 0 Å². The Balaban J connectivity index is 2.14. The fraction of sp³-hybridized carbons (Fsp3) is 0.867. The van der Waals surface area contributed by atoms with Gasteiger partial charge in [-0.15, -0.1) is 0 Å². The molecule has 0 aromatic heterocycles. The maximum Gasteiger partial charge on any atom is 0.239 e. The van der Waals surface area contributed by atoms with Crippen LogP contribution in [0.4, 0.5) is 0 Å². The summed E-state index contributed by atoms with van der Waals surface area (Å²) in [6, 6.07) is 0. The molecule has 110 valence electrons. The van der Waals surface area contributed by atoms with E-state index in [0.717, 1.165) is 19.4 Å². The first kappa shape index (κ1) is 16.0. The third kappa shape index (κ3) is 6.08. The van der Waals surface area contributed by atoms with Crippen molar-refractivity contribution in [2.45, 2.75) is 58.8 Å². The first-order valence-electron chi connectivity index (χ1n) is 7.71. The average molecular weight is 268 g/mol. The third-order valence-electron chi connectivity index (χ3n) is 4.09. The molecule has 4 heteroatoms. The average Bonchev–Trinajstić information content (AvgIpc) is 2.45. The molecule has 0 atom stereocenters. The largest absolute Gasteiger partial charge is 0.354 e. The fourth-order valence-electron chi connectivity index (χ4n) is 2.68. The lowest BCUT2D eigenvalue weighted by Gasteiger charge is -2.21. The number of rotatable bonds is 7. The molecule has 0 aliphatic heterocycles. The lowest BCUT2D eigenvalue weighted by atomic mass is 9.89. The summed E-state index contributed by atoms with van der Waals surface area (Å²) < 4.78 is 0. The van der Waals surface area contributed by atoms with Crippen molar-refractivity contribution >= 4 is 11.8 Å². The molecule has 1 fully saturated rings. The van der Waals surface area contributed by atoms with Crippen LogP contribution < -0.4 is 10.6 Å². The lowest BCUT2D eigenvalue weighted by Crippen LogP contribution is -2.41. The fourth-order valence-corrected chi connectivity index (χ4v) is 2.68. The van der Waals surface area contributed by atoms with Gasteiger partial charge in [-0.2, -0.15) is 0 Å². The molecule has 1 rings (SSSR count). The highest BCUT2D eigenvalue weighted by Gasteiger charge is 2.16. The van der Waals surface area contributed by atoms with Crippen LogP contribution in [-0.2, 0) is 9.59 Å². The molecule has 0 saturated heterocycles. The van der Waals surface area contributed by atoms with Crippen LogP contribution in [0, 0.1) is 11.8 Å². The van der Waals surface area contributed by atoms with Crippen LogP contribution in [0.1, 0.15) is 58.8 Å². The summed E-state index contributed by atoms with van der Waals surface area (Å²) in [5, 5.41) is 5.65. The number of hydrogen-bond donors (Lipinski definition) is 2. The van der Waals surface area contributed by atoms with Crippen LogP contribution in [0.15, 0.2) is 0 Å². The SMILES string of the molecule is CCC(CC)C(=O)NCC(=O)NCC1CCCCC1. The molecule has 2 N–H and O–H groups in total. The maximum absolute atomic E-state index is 11.7. The van der Waals surface area contributed by atoms with Crippen molar-refractivity contribution in [2.24, 2.45) is 11.8 Å². The van der Waals surface area contributed by atoms with Crippen LogP contribution in [0.3, 0.4) is 0 Å². The third-order valence-corrected chi connectivity index (χ3v) is 4.09. The van der Waals surface area contributed by atoms with Crippen molar-refractivity contribution in [1.82, 2.24) is 10.6 Å². The van der Waals surface area contributed by atoms with Gasteiger partial charge in [0, 0.05) is 12.5 Å². The first-order chi connectivity index (χ1) is 9.17. The monoisotopic (exact) mass is 268 g/mol. The van der Waals surface area contributed by atoms with Gasteiger partial charge in [-0.25, -0.2) is 0 Å². The molecule has 2 amide bonds. The highest BCUT2D eigenvalue weighted by Crippen LogP contribution is 2.22. The summed E-state index contributed by atoms with van der Waals surface area (Å²) in [5.41, 5.74) is 0. The van der Waals surface area contributed by atoms with Gasteiger partial charge in [0.25, 0.3) is 0 Å². The Hall–Kier alpha value is -1.06. The van der Waals surface area contributed by atoms with Crippen molar-refractivity contribution in [3.05, 3.63) is 0 Å². The number of hydrogen-bond acceptors (Lipinski definition) is 2. The van der Waals surface area contributed by atoms with Crippen LogP contribution in [0.5, 0.6) is 0 Å². The molecule has 0 aromatic carbocycles.